The number of esters is 1. The Morgan fingerprint density at radius 1 is 1.19 bits per heavy atom. The highest BCUT2D eigenvalue weighted by Crippen LogP contribution is 2.28. The average Bonchev–Trinajstić information content (AvgIpc) is 3.31. The van der Waals surface area contributed by atoms with Crippen molar-refractivity contribution in [2.45, 2.75) is 59.3 Å². The lowest BCUT2D eigenvalue weighted by Gasteiger charge is -2.30. The fourth-order valence-electron chi connectivity index (χ4n) is 4.35. The number of nitrogens with zero attached hydrogens (tertiary/aromatic N) is 6. The lowest BCUT2D eigenvalue weighted by Crippen LogP contribution is -2.33. The molecule has 0 aliphatic carbocycles. The zero-order chi connectivity index (χ0) is 25.5. The zero-order valence-electron chi connectivity index (χ0n) is 20.8. The van der Waals surface area contributed by atoms with Crippen LogP contribution in [0.3, 0.4) is 0 Å². The number of H-pyrrole nitrogens is 1. The number of tetrazole rings is 1. The van der Waals surface area contributed by atoms with E-state index in [1.807, 2.05) is 43.5 Å². The fraction of sp³-hybridized carbons (Fsp3) is 0.385. The summed E-state index contributed by atoms with van der Waals surface area (Å²) in [7, 11) is 0. The molecule has 4 aromatic rings. The number of pyridine rings is 2. The first-order valence-electron chi connectivity index (χ1n) is 12.2. The maximum Gasteiger partial charge on any atom is 0.327 e. The van der Waals surface area contributed by atoms with Gasteiger partial charge in [-0.15, -0.1) is 5.10 Å². The van der Waals surface area contributed by atoms with E-state index in [2.05, 4.69) is 43.4 Å². The standard InChI is InChI=1S/C26H31N7O3/c1-4-7-23(25-29-30-31-33(25)17-24(34)36-5-2)32(15-19-8-6-11-27-14-19)16-21-13-20-12-18(3)9-10-22(20)28-26(21)35/h6,8-14,23H,4-5,7,15-17H2,1-3H3,(H,28,35)/t23-/m0/s1. The Bertz CT molecular complexity index is 1370. The van der Waals surface area contributed by atoms with Crippen LogP contribution < -0.4 is 5.56 Å². The van der Waals surface area contributed by atoms with Crippen LogP contribution >= 0.6 is 0 Å². The number of hydrogen-bond acceptors (Lipinski definition) is 8. The second kappa shape index (κ2) is 11.7. The van der Waals surface area contributed by atoms with E-state index in [1.165, 1.54) is 4.68 Å². The normalized spacial score (nSPS) is 12.2. The van der Waals surface area contributed by atoms with E-state index >= 15 is 0 Å². The third-order valence-electron chi connectivity index (χ3n) is 6.00. The Labute approximate surface area is 209 Å². The molecule has 0 amide bonds. The molecule has 3 heterocycles. The molecule has 0 saturated heterocycles. The minimum atomic E-state index is -0.401. The van der Waals surface area contributed by atoms with E-state index in [9.17, 15) is 9.59 Å². The number of carbonyl (C=O) groups is 1. The monoisotopic (exact) mass is 489 g/mol. The van der Waals surface area contributed by atoms with Crippen molar-refractivity contribution in [1.82, 2.24) is 35.1 Å². The van der Waals surface area contributed by atoms with Crippen LogP contribution in [0.4, 0.5) is 0 Å². The van der Waals surface area contributed by atoms with E-state index in [0.717, 1.165) is 34.9 Å². The van der Waals surface area contributed by atoms with E-state index in [0.29, 0.717) is 24.5 Å². The van der Waals surface area contributed by atoms with Crippen molar-refractivity contribution < 1.29 is 9.53 Å². The predicted octanol–water partition coefficient (Wildman–Crippen LogP) is 3.32. The van der Waals surface area contributed by atoms with E-state index < -0.39 is 5.97 Å². The van der Waals surface area contributed by atoms with Gasteiger partial charge < -0.3 is 9.72 Å². The number of carbonyl (C=O) groups excluding carboxylic acids is 1. The molecule has 0 bridgehead atoms. The summed E-state index contributed by atoms with van der Waals surface area (Å²) in [5.74, 6) is 0.156. The molecule has 36 heavy (non-hydrogen) atoms. The minimum Gasteiger partial charge on any atom is -0.465 e. The Balaban J connectivity index is 1.73. The number of aromatic amines is 1. The van der Waals surface area contributed by atoms with Gasteiger partial charge >= 0.3 is 5.97 Å². The summed E-state index contributed by atoms with van der Waals surface area (Å²) < 4.78 is 6.59. The van der Waals surface area contributed by atoms with Gasteiger partial charge in [0.05, 0.1) is 12.6 Å². The van der Waals surface area contributed by atoms with Crippen molar-refractivity contribution >= 4 is 16.9 Å². The van der Waals surface area contributed by atoms with Crippen molar-refractivity contribution in [2.75, 3.05) is 6.61 Å². The molecule has 4 rings (SSSR count). The van der Waals surface area contributed by atoms with Gasteiger partial charge in [0.2, 0.25) is 0 Å². The summed E-state index contributed by atoms with van der Waals surface area (Å²) in [5.41, 5.74) is 3.42. The molecule has 0 aliphatic rings. The fourth-order valence-corrected chi connectivity index (χ4v) is 4.35. The van der Waals surface area contributed by atoms with Crippen molar-refractivity contribution in [3.63, 3.8) is 0 Å². The van der Waals surface area contributed by atoms with Gasteiger partial charge in [-0.2, -0.15) is 0 Å². The van der Waals surface area contributed by atoms with Gasteiger partial charge in [0.25, 0.3) is 5.56 Å². The number of benzene rings is 1. The van der Waals surface area contributed by atoms with Gasteiger partial charge in [-0.3, -0.25) is 19.5 Å². The molecule has 1 N–H and O–H groups in total. The molecular weight excluding hydrogens is 458 g/mol. The number of hydrogen-bond donors (Lipinski definition) is 1. The highest BCUT2D eigenvalue weighted by atomic mass is 16.5. The molecule has 10 nitrogen and oxygen atoms in total. The first-order valence-corrected chi connectivity index (χ1v) is 12.2. The molecule has 1 atom stereocenters. The molecule has 0 saturated carbocycles. The summed E-state index contributed by atoms with van der Waals surface area (Å²) in [6.45, 7) is 6.97. The quantitative estimate of drug-likeness (QED) is 0.319. The van der Waals surface area contributed by atoms with Crippen LogP contribution in [-0.2, 0) is 29.2 Å². The van der Waals surface area contributed by atoms with Gasteiger partial charge in [-0.25, -0.2) is 4.68 Å². The Morgan fingerprint density at radius 2 is 2.06 bits per heavy atom. The van der Waals surface area contributed by atoms with Crippen molar-refractivity contribution in [2.24, 2.45) is 0 Å². The largest absolute Gasteiger partial charge is 0.465 e. The summed E-state index contributed by atoms with van der Waals surface area (Å²) in [6, 6.07) is 11.6. The first kappa shape index (κ1) is 25.2. The molecule has 10 heteroatoms. The topological polar surface area (TPSA) is 119 Å². The molecule has 0 aliphatic heterocycles. The summed E-state index contributed by atoms with van der Waals surface area (Å²) in [5, 5.41) is 13.2. The second-order valence-corrected chi connectivity index (χ2v) is 8.78. The van der Waals surface area contributed by atoms with Crippen molar-refractivity contribution in [3.8, 4) is 0 Å². The summed E-state index contributed by atoms with van der Waals surface area (Å²) in [6.07, 6.45) is 5.13. The number of fused-ring (bicyclic) bond motifs is 1. The number of nitrogens with one attached hydrogen (secondary N) is 1. The van der Waals surface area contributed by atoms with Crippen LogP contribution in [0.2, 0.25) is 0 Å². The van der Waals surface area contributed by atoms with Crippen LogP contribution in [-0.4, -0.2) is 47.7 Å². The molecule has 0 radical (unpaired) electrons. The minimum absolute atomic E-state index is 0.0764. The highest BCUT2D eigenvalue weighted by molar-refractivity contribution is 5.79. The van der Waals surface area contributed by atoms with Crippen LogP contribution in [0, 0.1) is 6.92 Å². The molecular formula is C26H31N7O3. The third kappa shape index (κ3) is 6.01. The Hall–Kier alpha value is -3.92. The molecule has 0 unspecified atom stereocenters. The summed E-state index contributed by atoms with van der Waals surface area (Å²) >= 11 is 0. The molecule has 0 fully saturated rings. The van der Waals surface area contributed by atoms with E-state index in [1.54, 1.807) is 13.1 Å². The molecule has 188 valence electrons. The lowest BCUT2D eigenvalue weighted by molar-refractivity contribution is -0.144. The van der Waals surface area contributed by atoms with E-state index in [-0.39, 0.29) is 24.8 Å². The maximum atomic E-state index is 13.1. The van der Waals surface area contributed by atoms with Gasteiger partial charge in [-0.1, -0.05) is 31.0 Å². The average molecular weight is 490 g/mol. The van der Waals surface area contributed by atoms with Crippen LogP contribution in [0.5, 0.6) is 0 Å². The number of aryl methyl sites for hydroxylation is 1. The third-order valence-corrected chi connectivity index (χ3v) is 6.00. The second-order valence-electron chi connectivity index (χ2n) is 8.78. The smallest absolute Gasteiger partial charge is 0.327 e. The predicted molar refractivity (Wildman–Crippen MR) is 135 cm³/mol. The van der Waals surface area contributed by atoms with Gasteiger partial charge in [-0.05, 0) is 65.9 Å². The van der Waals surface area contributed by atoms with Crippen molar-refractivity contribution in [3.05, 3.63) is 81.7 Å². The SMILES string of the molecule is CCC[C@@H](c1nnnn1CC(=O)OCC)N(Cc1cccnc1)Cc1cc2cc(C)ccc2[nH]c1=O. The molecule has 0 spiro atoms. The number of aromatic nitrogens is 6. The number of ether oxygens (including phenoxy) is 1. The van der Waals surface area contributed by atoms with Gasteiger partial charge in [0.15, 0.2) is 5.82 Å². The number of rotatable bonds is 11. The van der Waals surface area contributed by atoms with Crippen molar-refractivity contribution in [1.29, 1.82) is 0 Å². The van der Waals surface area contributed by atoms with Gasteiger partial charge in [0, 0.05) is 36.6 Å². The van der Waals surface area contributed by atoms with E-state index in [4.69, 9.17) is 4.74 Å². The Kier molecular flexibility index (Phi) is 8.17. The first-order chi connectivity index (χ1) is 17.5. The van der Waals surface area contributed by atoms with Crippen LogP contribution in [0.1, 0.15) is 55.2 Å². The lowest BCUT2D eigenvalue weighted by atomic mass is 10.1. The molecule has 1 aromatic carbocycles. The highest BCUT2D eigenvalue weighted by Gasteiger charge is 2.27. The van der Waals surface area contributed by atoms with Crippen LogP contribution in [0.15, 0.2) is 53.6 Å². The van der Waals surface area contributed by atoms with Gasteiger partial charge in [0.1, 0.15) is 6.54 Å². The maximum absolute atomic E-state index is 13.1. The van der Waals surface area contributed by atoms with Crippen LogP contribution in [0.25, 0.3) is 10.9 Å². The Morgan fingerprint density at radius 3 is 2.81 bits per heavy atom. The summed E-state index contributed by atoms with van der Waals surface area (Å²) in [4.78, 5) is 34.7. The zero-order valence-corrected chi connectivity index (χ0v) is 20.8. The molecule has 3 aromatic heterocycles.